The molecule has 24 heavy (non-hydrogen) atoms. The molecule has 1 fully saturated rings. The minimum absolute atomic E-state index is 0.108. The zero-order chi connectivity index (χ0) is 17.3. The van der Waals surface area contributed by atoms with Crippen LogP contribution in [0, 0.1) is 0 Å². The molecule has 1 N–H and O–H groups in total. The summed E-state index contributed by atoms with van der Waals surface area (Å²) in [6.07, 6.45) is 0.943. The van der Waals surface area contributed by atoms with Crippen LogP contribution in [0.4, 0.5) is 4.79 Å². The number of hydrogen-bond acceptors (Lipinski definition) is 4. The maximum Gasteiger partial charge on any atom is 0.410 e. The quantitative estimate of drug-likeness (QED) is 0.858. The number of carbonyl (C=O) groups is 1. The van der Waals surface area contributed by atoms with Crippen molar-refractivity contribution in [3.8, 4) is 0 Å². The van der Waals surface area contributed by atoms with Crippen molar-refractivity contribution < 1.29 is 14.6 Å². The number of benzene rings is 1. The Morgan fingerprint density at radius 2 is 1.92 bits per heavy atom. The Bertz CT molecular complexity index is 597. The number of rotatable bonds is 1. The van der Waals surface area contributed by atoms with E-state index in [1.807, 2.05) is 20.8 Å². The Morgan fingerprint density at radius 3 is 2.58 bits per heavy atom. The molecular formula is C19H28N2O3. The minimum atomic E-state index is -0.531. The first-order valence-corrected chi connectivity index (χ1v) is 8.80. The van der Waals surface area contributed by atoms with Gasteiger partial charge in [0, 0.05) is 25.7 Å². The largest absolute Gasteiger partial charge is 0.444 e. The number of aliphatic hydroxyl groups is 1. The van der Waals surface area contributed by atoms with Gasteiger partial charge in [0.2, 0.25) is 0 Å². The van der Waals surface area contributed by atoms with Crippen molar-refractivity contribution >= 4 is 6.09 Å². The fourth-order valence-corrected chi connectivity index (χ4v) is 3.64. The van der Waals surface area contributed by atoms with Crippen LogP contribution in [0.15, 0.2) is 24.3 Å². The van der Waals surface area contributed by atoms with Gasteiger partial charge < -0.3 is 14.7 Å². The van der Waals surface area contributed by atoms with E-state index in [9.17, 15) is 9.90 Å². The summed E-state index contributed by atoms with van der Waals surface area (Å²) in [6.45, 7) is 8.40. The van der Waals surface area contributed by atoms with E-state index in [4.69, 9.17) is 4.74 Å². The molecule has 1 aromatic rings. The number of amides is 1. The molecule has 5 nitrogen and oxygen atoms in total. The van der Waals surface area contributed by atoms with E-state index in [1.54, 1.807) is 4.90 Å². The molecule has 1 amide bonds. The zero-order valence-electron chi connectivity index (χ0n) is 14.9. The summed E-state index contributed by atoms with van der Waals surface area (Å²) >= 11 is 0. The van der Waals surface area contributed by atoms with E-state index in [-0.39, 0.29) is 12.1 Å². The summed E-state index contributed by atoms with van der Waals surface area (Å²) in [5.41, 5.74) is 2.26. The third-order valence-corrected chi connectivity index (χ3v) is 4.83. The highest BCUT2D eigenvalue weighted by molar-refractivity contribution is 5.68. The van der Waals surface area contributed by atoms with Gasteiger partial charge in [-0.15, -0.1) is 0 Å². The summed E-state index contributed by atoms with van der Waals surface area (Å²) in [4.78, 5) is 16.2. The maximum atomic E-state index is 12.2. The van der Waals surface area contributed by atoms with Crippen molar-refractivity contribution in [1.29, 1.82) is 0 Å². The average molecular weight is 332 g/mol. The Labute approximate surface area is 144 Å². The average Bonchev–Trinajstić information content (AvgIpc) is 2.52. The monoisotopic (exact) mass is 332 g/mol. The van der Waals surface area contributed by atoms with Gasteiger partial charge in [0.05, 0.1) is 12.6 Å². The highest BCUT2D eigenvalue weighted by Gasteiger charge is 2.36. The van der Waals surface area contributed by atoms with Crippen LogP contribution in [0.2, 0.25) is 0 Å². The number of ether oxygens (including phenoxy) is 1. The second kappa shape index (κ2) is 6.73. The number of carbonyl (C=O) groups excluding carboxylic acids is 1. The molecule has 0 radical (unpaired) electrons. The third-order valence-electron chi connectivity index (χ3n) is 4.83. The van der Waals surface area contributed by atoms with Crippen molar-refractivity contribution in [2.75, 3.05) is 19.6 Å². The lowest BCUT2D eigenvalue weighted by atomic mass is 9.94. The fourth-order valence-electron chi connectivity index (χ4n) is 3.64. The van der Waals surface area contributed by atoms with E-state index < -0.39 is 11.7 Å². The van der Waals surface area contributed by atoms with Crippen LogP contribution >= 0.6 is 0 Å². The Kier molecular flexibility index (Phi) is 4.83. The Hall–Kier alpha value is -1.59. The van der Waals surface area contributed by atoms with Gasteiger partial charge in [-0.2, -0.15) is 0 Å². The highest BCUT2D eigenvalue weighted by Crippen LogP contribution is 2.25. The number of hydrogen-bond donors (Lipinski definition) is 1. The molecule has 2 heterocycles. The molecule has 0 spiro atoms. The molecule has 0 bridgehead atoms. The lowest BCUT2D eigenvalue weighted by molar-refractivity contribution is -0.0324. The van der Waals surface area contributed by atoms with E-state index in [0.717, 1.165) is 25.9 Å². The van der Waals surface area contributed by atoms with Crippen molar-refractivity contribution in [2.24, 2.45) is 0 Å². The summed E-state index contributed by atoms with van der Waals surface area (Å²) in [6, 6.07) is 8.63. The zero-order valence-corrected chi connectivity index (χ0v) is 14.9. The molecule has 5 heteroatoms. The molecule has 2 aliphatic rings. The van der Waals surface area contributed by atoms with Gasteiger partial charge in [-0.25, -0.2) is 4.79 Å². The van der Waals surface area contributed by atoms with Gasteiger partial charge in [-0.1, -0.05) is 24.3 Å². The van der Waals surface area contributed by atoms with Crippen LogP contribution < -0.4 is 0 Å². The number of likely N-dealkylation sites (tertiary alicyclic amines) is 1. The molecule has 1 saturated heterocycles. The summed E-state index contributed by atoms with van der Waals surface area (Å²) in [7, 11) is 0. The third kappa shape index (κ3) is 3.90. The van der Waals surface area contributed by atoms with Gasteiger partial charge in [0.15, 0.2) is 0 Å². The van der Waals surface area contributed by atoms with Crippen LogP contribution in [0.25, 0.3) is 0 Å². The van der Waals surface area contributed by atoms with Gasteiger partial charge >= 0.3 is 6.09 Å². The minimum Gasteiger partial charge on any atom is -0.444 e. The van der Waals surface area contributed by atoms with Crippen molar-refractivity contribution in [3.05, 3.63) is 35.4 Å². The first kappa shape index (κ1) is 17.2. The van der Waals surface area contributed by atoms with Gasteiger partial charge in [0.25, 0.3) is 0 Å². The van der Waals surface area contributed by atoms with Crippen LogP contribution in [-0.4, -0.2) is 58.4 Å². The first-order valence-electron chi connectivity index (χ1n) is 8.80. The topological polar surface area (TPSA) is 53.0 Å². The number of fused-ring (bicyclic) bond motifs is 1. The maximum absolute atomic E-state index is 12.2. The predicted molar refractivity (Wildman–Crippen MR) is 92.8 cm³/mol. The standard InChI is InChI=1S/C19H28N2O3/c1-19(2,3)24-18(23)21-11-9-16(17(22)13-21)20-10-8-14-6-4-5-7-15(14)12-20/h4-7,16-17,22H,8-13H2,1-3H3/t16-,17+/m0/s1. The summed E-state index contributed by atoms with van der Waals surface area (Å²) in [5, 5.41) is 10.6. The fraction of sp³-hybridized carbons (Fsp3) is 0.632. The Balaban J connectivity index is 1.60. The second-order valence-corrected chi connectivity index (χ2v) is 7.84. The van der Waals surface area contributed by atoms with Crippen LogP contribution in [0.1, 0.15) is 38.3 Å². The lowest BCUT2D eigenvalue weighted by Gasteiger charge is -2.43. The molecule has 1 aromatic carbocycles. The molecule has 0 unspecified atom stereocenters. The number of nitrogens with zero attached hydrogens (tertiary/aromatic N) is 2. The molecule has 3 rings (SSSR count). The highest BCUT2D eigenvalue weighted by atomic mass is 16.6. The number of aliphatic hydroxyl groups excluding tert-OH is 1. The molecule has 132 valence electrons. The molecule has 0 aliphatic carbocycles. The normalized spacial score (nSPS) is 25.2. The molecule has 0 saturated carbocycles. The summed E-state index contributed by atoms with van der Waals surface area (Å²) < 4.78 is 5.41. The van der Waals surface area contributed by atoms with E-state index >= 15 is 0 Å². The number of β-amino-alcohol motifs (C(OH)–C–C–N with tert-alkyl or cyclic N) is 1. The van der Waals surface area contributed by atoms with Crippen molar-refractivity contribution in [2.45, 2.75) is 57.9 Å². The predicted octanol–water partition coefficient (Wildman–Crippen LogP) is 2.42. The lowest BCUT2D eigenvalue weighted by Crippen LogP contribution is -2.56. The van der Waals surface area contributed by atoms with Crippen LogP contribution in [0.3, 0.4) is 0 Å². The van der Waals surface area contributed by atoms with Crippen molar-refractivity contribution in [1.82, 2.24) is 9.80 Å². The van der Waals surface area contributed by atoms with Crippen molar-refractivity contribution in [3.63, 3.8) is 0 Å². The van der Waals surface area contributed by atoms with E-state index in [1.165, 1.54) is 11.1 Å². The Morgan fingerprint density at radius 1 is 1.21 bits per heavy atom. The van der Waals surface area contributed by atoms with Gasteiger partial charge in [-0.05, 0) is 44.7 Å². The smallest absolute Gasteiger partial charge is 0.410 e. The van der Waals surface area contributed by atoms with E-state index in [2.05, 4.69) is 29.2 Å². The molecule has 2 aliphatic heterocycles. The SMILES string of the molecule is CC(C)(C)OC(=O)N1CC[C@H](N2CCc3ccccc3C2)[C@H](O)C1. The van der Waals surface area contributed by atoms with Gasteiger partial charge in [-0.3, -0.25) is 4.90 Å². The van der Waals surface area contributed by atoms with Gasteiger partial charge in [0.1, 0.15) is 5.60 Å². The van der Waals surface area contributed by atoms with E-state index in [0.29, 0.717) is 13.1 Å². The first-order chi connectivity index (χ1) is 11.3. The molecular weight excluding hydrogens is 304 g/mol. The number of piperidine rings is 1. The molecule has 2 atom stereocenters. The van der Waals surface area contributed by atoms with Crippen LogP contribution in [-0.2, 0) is 17.7 Å². The van der Waals surface area contributed by atoms with Crippen LogP contribution in [0.5, 0.6) is 0 Å². The summed E-state index contributed by atoms with van der Waals surface area (Å²) in [5.74, 6) is 0. The molecule has 0 aromatic heterocycles. The second-order valence-electron chi connectivity index (χ2n) is 7.84.